The maximum Gasteiger partial charge on any atom is 0.241 e. The molecule has 5 nitrogen and oxygen atoms in total. The van der Waals surface area contributed by atoms with Crippen molar-refractivity contribution in [2.75, 3.05) is 33.2 Å². The van der Waals surface area contributed by atoms with Gasteiger partial charge in [0.1, 0.15) is 6.04 Å². The van der Waals surface area contributed by atoms with E-state index in [1.807, 2.05) is 4.90 Å². The van der Waals surface area contributed by atoms with Crippen molar-refractivity contribution >= 4 is 11.8 Å². The Balaban J connectivity index is 1.66. The molecule has 2 aliphatic heterocycles. The Bertz CT molecular complexity index is 531. The van der Waals surface area contributed by atoms with Crippen molar-refractivity contribution in [2.24, 2.45) is 0 Å². The second-order valence-corrected chi connectivity index (χ2v) is 5.80. The van der Waals surface area contributed by atoms with Crippen LogP contribution in [-0.4, -0.2) is 60.9 Å². The zero-order valence-electron chi connectivity index (χ0n) is 12.3. The summed E-state index contributed by atoms with van der Waals surface area (Å²) in [5.41, 5.74) is 2.69. The van der Waals surface area contributed by atoms with Crippen LogP contribution in [0.1, 0.15) is 11.1 Å². The largest absolute Gasteiger partial charge is 0.343 e. The van der Waals surface area contributed by atoms with E-state index < -0.39 is 0 Å². The lowest BCUT2D eigenvalue weighted by Gasteiger charge is -2.33. The molecule has 0 spiro atoms. The Kier molecular flexibility index (Phi) is 3.92. The number of carbonyl (C=O) groups is 2. The first-order chi connectivity index (χ1) is 10.1. The quantitative estimate of drug-likeness (QED) is 0.794. The van der Waals surface area contributed by atoms with Crippen LogP contribution in [0.5, 0.6) is 0 Å². The Morgan fingerprint density at radius 2 is 1.81 bits per heavy atom. The van der Waals surface area contributed by atoms with Crippen molar-refractivity contribution in [3.8, 4) is 0 Å². The van der Waals surface area contributed by atoms with E-state index in [-0.39, 0.29) is 24.4 Å². The van der Waals surface area contributed by atoms with Crippen molar-refractivity contribution in [3.63, 3.8) is 0 Å². The maximum absolute atomic E-state index is 12.6. The van der Waals surface area contributed by atoms with Gasteiger partial charge in [0.2, 0.25) is 11.8 Å². The lowest BCUT2D eigenvalue weighted by atomic mass is 10.0. The van der Waals surface area contributed by atoms with E-state index in [9.17, 15) is 9.59 Å². The zero-order chi connectivity index (χ0) is 14.8. The summed E-state index contributed by atoms with van der Waals surface area (Å²) < 4.78 is 0. The van der Waals surface area contributed by atoms with Crippen molar-refractivity contribution in [3.05, 3.63) is 35.4 Å². The molecular weight excluding hydrogens is 266 g/mol. The molecule has 1 unspecified atom stereocenters. The average molecular weight is 287 g/mol. The summed E-state index contributed by atoms with van der Waals surface area (Å²) >= 11 is 0. The predicted octanol–water partition coefficient (Wildman–Crippen LogP) is 0.0440. The number of hydrogen-bond acceptors (Lipinski definition) is 3. The van der Waals surface area contributed by atoms with E-state index in [1.165, 1.54) is 11.1 Å². The number of likely N-dealkylation sites (N-methyl/N-ethyl adjacent to an activating group) is 1. The van der Waals surface area contributed by atoms with Gasteiger partial charge in [-0.1, -0.05) is 24.3 Å². The van der Waals surface area contributed by atoms with E-state index in [2.05, 4.69) is 29.6 Å². The first-order valence-corrected chi connectivity index (χ1v) is 7.48. The van der Waals surface area contributed by atoms with E-state index >= 15 is 0 Å². The van der Waals surface area contributed by atoms with Crippen LogP contribution in [0.4, 0.5) is 0 Å². The predicted molar refractivity (Wildman–Crippen MR) is 79.9 cm³/mol. The van der Waals surface area contributed by atoms with Gasteiger partial charge in [-0.2, -0.15) is 0 Å². The van der Waals surface area contributed by atoms with Crippen molar-refractivity contribution in [1.29, 1.82) is 0 Å². The second kappa shape index (κ2) is 5.85. The Morgan fingerprint density at radius 1 is 1.19 bits per heavy atom. The van der Waals surface area contributed by atoms with Crippen LogP contribution < -0.4 is 5.32 Å². The van der Waals surface area contributed by atoms with Gasteiger partial charge in [0.15, 0.2) is 0 Å². The molecule has 1 atom stereocenters. The Morgan fingerprint density at radius 3 is 2.38 bits per heavy atom. The summed E-state index contributed by atoms with van der Waals surface area (Å²) in [6.07, 6.45) is 1.81. The van der Waals surface area contributed by atoms with Gasteiger partial charge in [-0.25, -0.2) is 0 Å². The molecule has 1 aromatic rings. The first-order valence-electron chi connectivity index (χ1n) is 7.48. The molecule has 0 saturated carbocycles. The smallest absolute Gasteiger partial charge is 0.241 e. The highest BCUT2D eigenvalue weighted by atomic mass is 16.2. The number of carbonyl (C=O) groups excluding carboxylic acids is 2. The molecule has 3 rings (SSSR count). The third-order valence-corrected chi connectivity index (χ3v) is 4.41. The molecule has 1 fully saturated rings. The molecule has 5 heteroatoms. The number of amides is 2. The summed E-state index contributed by atoms with van der Waals surface area (Å²) in [5.74, 6) is 0.157. The number of piperazine rings is 1. The van der Waals surface area contributed by atoms with E-state index in [4.69, 9.17) is 0 Å². The fraction of sp³-hybridized carbons (Fsp3) is 0.500. The monoisotopic (exact) mass is 287 g/mol. The molecule has 0 bridgehead atoms. The number of rotatable bonds is 1. The van der Waals surface area contributed by atoms with Crippen LogP contribution >= 0.6 is 0 Å². The zero-order valence-corrected chi connectivity index (χ0v) is 12.3. The van der Waals surface area contributed by atoms with Gasteiger partial charge in [0, 0.05) is 26.7 Å². The van der Waals surface area contributed by atoms with Gasteiger partial charge < -0.3 is 9.80 Å². The number of nitrogens with one attached hydrogen (secondary N) is 1. The van der Waals surface area contributed by atoms with E-state index in [0.717, 1.165) is 25.9 Å². The molecule has 2 aliphatic rings. The van der Waals surface area contributed by atoms with Gasteiger partial charge >= 0.3 is 0 Å². The van der Waals surface area contributed by atoms with Crippen LogP contribution in [-0.2, 0) is 22.4 Å². The lowest BCUT2D eigenvalue weighted by molar-refractivity contribution is -0.139. The summed E-state index contributed by atoms with van der Waals surface area (Å²) in [6.45, 7) is 2.22. The average Bonchev–Trinajstić information content (AvgIpc) is 2.72. The minimum absolute atomic E-state index is 0.0438. The summed E-state index contributed by atoms with van der Waals surface area (Å²) in [5, 5.41) is 3.06. The first kappa shape index (κ1) is 14.1. The van der Waals surface area contributed by atoms with E-state index in [0.29, 0.717) is 6.54 Å². The van der Waals surface area contributed by atoms with Gasteiger partial charge in [0.05, 0.1) is 6.54 Å². The van der Waals surface area contributed by atoms with Crippen LogP contribution in [0.3, 0.4) is 0 Å². The van der Waals surface area contributed by atoms with Crippen molar-refractivity contribution in [1.82, 2.24) is 15.1 Å². The number of fused-ring (bicyclic) bond motifs is 1. The van der Waals surface area contributed by atoms with Crippen LogP contribution in [0.2, 0.25) is 0 Å². The molecule has 21 heavy (non-hydrogen) atoms. The second-order valence-electron chi connectivity index (χ2n) is 5.80. The lowest BCUT2D eigenvalue weighted by Crippen LogP contribution is -2.59. The SMILES string of the molecule is CN1CC(C(=O)N2CCc3ccccc3CC2)NCC1=O. The third kappa shape index (κ3) is 2.93. The summed E-state index contributed by atoms with van der Waals surface area (Å²) in [6, 6.07) is 8.14. The Labute approximate surface area is 124 Å². The van der Waals surface area contributed by atoms with Gasteiger partial charge in [0.25, 0.3) is 0 Å². The fourth-order valence-corrected chi connectivity index (χ4v) is 3.06. The van der Waals surface area contributed by atoms with E-state index in [1.54, 1.807) is 11.9 Å². The molecule has 2 amide bonds. The molecule has 112 valence electrons. The van der Waals surface area contributed by atoms with Crippen LogP contribution in [0.15, 0.2) is 24.3 Å². The molecule has 1 saturated heterocycles. The van der Waals surface area contributed by atoms with Crippen LogP contribution in [0.25, 0.3) is 0 Å². The fourth-order valence-electron chi connectivity index (χ4n) is 3.06. The normalized spacial score (nSPS) is 22.7. The molecular formula is C16H21N3O2. The van der Waals surface area contributed by atoms with Crippen LogP contribution in [0, 0.1) is 0 Å². The number of nitrogens with zero attached hydrogens (tertiary/aromatic N) is 2. The Hall–Kier alpha value is -1.88. The van der Waals surface area contributed by atoms with Gasteiger partial charge in [-0.15, -0.1) is 0 Å². The van der Waals surface area contributed by atoms with Crippen molar-refractivity contribution < 1.29 is 9.59 Å². The molecule has 2 heterocycles. The minimum Gasteiger partial charge on any atom is -0.343 e. The topological polar surface area (TPSA) is 52.7 Å². The number of hydrogen-bond donors (Lipinski definition) is 1. The highest BCUT2D eigenvalue weighted by molar-refractivity contribution is 5.86. The van der Waals surface area contributed by atoms with Gasteiger partial charge in [-0.05, 0) is 24.0 Å². The molecule has 0 radical (unpaired) electrons. The summed E-state index contributed by atoms with van der Waals surface area (Å²) in [4.78, 5) is 27.7. The molecule has 1 N–H and O–H groups in total. The highest BCUT2D eigenvalue weighted by Gasteiger charge is 2.31. The standard InChI is InChI=1S/C16H21N3O2/c1-18-11-14(17-10-15(18)20)16(21)19-8-6-12-4-2-3-5-13(12)7-9-19/h2-5,14,17H,6-11H2,1H3. The molecule has 0 aliphatic carbocycles. The summed E-state index contributed by atoms with van der Waals surface area (Å²) in [7, 11) is 1.75. The third-order valence-electron chi connectivity index (χ3n) is 4.41. The number of benzene rings is 1. The molecule has 1 aromatic carbocycles. The minimum atomic E-state index is -0.270. The van der Waals surface area contributed by atoms with Gasteiger partial charge in [-0.3, -0.25) is 14.9 Å². The molecule has 0 aromatic heterocycles. The maximum atomic E-state index is 12.6. The van der Waals surface area contributed by atoms with Crippen molar-refractivity contribution in [2.45, 2.75) is 18.9 Å². The highest BCUT2D eigenvalue weighted by Crippen LogP contribution is 2.16.